The van der Waals surface area contributed by atoms with Gasteiger partial charge in [0.2, 0.25) is 0 Å². The van der Waals surface area contributed by atoms with Gasteiger partial charge in [-0.3, -0.25) is 0 Å². The van der Waals surface area contributed by atoms with Crippen LogP contribution in [0, 0.1) is 13.8 Å². The molecule has 2 N–H and O–H groups in total. The number of benzene rings is 1. The Morgan fingerprint density at radius 1 is 1.16 bits per heavy atom. The minimum absolute atomic E-state index is 0.571. The molecule has 0 amide bonds. The summed E-state index contributed by atoms with van der Waals surface area (Å²) in [5, 5.41) is 18.5. The van der Waals surface area contributed by atoms with E-state index >= 15 is 0 Å². The third-order valence-electron chi connectivity index (χ3n) is 2.59. The molecule has 0 aromatic heterocycles. The smallest absolute Gasteiger partial charge is 0.488 e. The van der Waals surface area contributed by atoms with Crippen molar-refractivity contribution >= 4 is 24.3 Å². The molecule has 0 heterocycles. The van der Waals surface area contributed by atoms with E-state index in [0.717, 1.165) is 29.1 Å². The van der Waals surface area contributed by atoms with Crippen molar-refractivity contribution in [2.75, 3.05) is 18.6 Å². The summed E-state index contributed by atoms with van der Waals surface area (Å²) < 4.78 is 5.63. The van der Waals surface area contributed by atoms with Crippen LogP contribution < -0.4 is 10.2 Å². The lowest BCUT2D eigenvalue weighted by molar-refractivity contribution is 0.318. The predicted octanol–water partition coefficient (Wildman–Crippen LogP) is 2.14. The van der Waals surface area contributed by atoms with Crippen molar-refractivity contribution in [2.45, 2.75) is 34.1 Å². The second-order valence-corrected chi connectivity index (χ2v) is 5.02. The Kier molecular flexibility index (Phi) is 9.83. The Morgan fingerprint density at radius 3 is 2.11 bits per heavy atom. The Bertz CT molecular complexity index is 347. The first-order valence-corrected chi connectivity index (χ1v) is 8.04. The van der Waals surface area contributed by atoms with Gasteiger partial charge in [-0.2, -0.15) is 11.8 Å². The highest BCUT2D eigenvalue weighted by atomic mass is 32.2. The zero-order chi connectivity index (χ0) is 14.8. The van der Waals surface area contributed by atoms with E-state index in [2.05, 4.69) is 6.26 Å². The Morgan fingerprint density at radius 2 is 1.68 bits per heavy atom. The molecule has 3 nitrogen and oxygen atoms in total. The molecule has 5 heteroatoms. The van der Waals surface area contributed by atoms with Crippen molar-refractivity contribution in [1.29, 1.82) is 0 Å². The second-order valence-electron chi connectivity index (χ2n) is 4.04. The van der Waals surface area contributed by atoms with Crippen LogP contribution in [0.4, 0.5) is 0 Å². The molecule has 0 saturated carbocycles. The van der Waals surface area contributed by atoms with Crippen molar-refractivity contribution < 1.29 is 14.8 Å². The largest absolute Gasteiger partial charge is 0.494 e. The quantitative estimate of drug-likeness (QED) is 0.621. The molecule has 0 bridgehead atoms. The van der Waals surface area contributed by atoms with Gasteiger partial charge in [0.05, 0.1) is 6.61 Å². The lowest BCUT2D eigenvalue weighted by Crippen LogP contribution is -2.34. The first kappa shape index (κ1) is 18.4. The van der Waals surface area contributed by atoms with Gasteiger partial charge >= 0.3 is 7.12 Å². The third-order valence-corrected chi connectivity index (χ3v) is 3.28. The lowest BCUT2D eigenvalue weighted by atomic mass is 9.74. The van der Waals surface area contributed by atoms with Gasteiger partial charge in [-0.15, -0.1) is 0 Å². The van der Waals surface area contributed by atoms with Gasteiger partial charge < -0.3 is 14.8 Å². The van der Waals surface area contributed by atoms with Crippen LogP contribution in [0.25, 0.3) is 0 Å². The minimum Gasteiger partial charge on any atom is -0.494 e. The third kappa shape index (κ3) is 6.36. The molecular formula is C14H25BO3S. The van der Waals surface area contributed by atoms with Crippen molar-refractivity contribution in [1.82, 2.24) is 0 Å². The van der Waals surface area contributed by atoms with Crippen LogP contribution in [0.2, 0.25) is 0 Å². The molecule has 0 atom stereocenters. The first-order valence-electron chi connectivity index (χ1n) is 6.65. The molecule has 0 aliphatic carbocycles. The number of hydrogen-bond donors (Lipinski definition) is 2. The molecule has 1 rings (SSSR count). The zero-order valence-corrected chi connectivity index (χ0v) is 13.4. The number of ether oxygens (including phenoxy) is 1. The summed E-state index contributed by atoms with van der Waals surface area (Å²) in [7, 11) is -1.42. The van der Waals surface area contributed by atoms with Gasteiger partial charge in [-0.05, 0) is 61.0 Å². The standard InChI is InChI=1S/C12H19BO3S.C2H6/c1-9-7-11(16-5-4-6-17-3)8-10(2)12(9)13(14)15;1-2/h7-8,14-15H,4-6H2,1-3H3;1-2H3. The summed E-state index contributed by atoms with van der Waals surface area (Å²) in [6, 6.07) is 3.70. The molecular weight excluding hydrogens is 259 g/mol. The van der Waals surface area contributed by atoms with Crippen LogP contribution in [0.3, 0.4) is 0 Å². The van der Waals surface area contributed by atoms with Gasteiger partial charge in [-0.1, -0.05) is 13.8 Å². The number of rotatable bonds is 6. The van der Waals surface area contributed by atoms with Gasteiger partial charge in [0, 0.05) is 0 Å². The maximum atomic E-state index is 9.23. The molecule has 1 aromatic carbocycles. The number of thioether (sulfide) groups is 1. The summed E-state index contributed by atoms with van der Waals surface area (Å²) in [4.78, 5) is 0. The average Bonchev–Trinajstić information content (AvgIpc) is 2.36. The molecule has 0 radical (unpaired) electrons. The van der Waals surface area contributed by atoms with E-state index in [4.69, 9.17) is 4.74 Å². The van der Waals surface area contributed by atoms with E-state index in [-0.39, 0.29) is 0 Å². The first-order chi connectivity index (χ1) is 9.06. The molecule has 0 aliphatic heterocycles. The number of aryl methyl sites for hydroxylation is 2. The molecule has 1 aromatic rings. The maximum Gasteiger partial charge on any atom is 0.488 e. The summed E-state index contributed by atoms with van der Waals surface area (Å²) in [5.74, 6) is 1.89. The van der Waals surface area contributed by atoms with E-state index < -0.39 is 7.12 Å². The highest BCUT2D eigenvalue weighted by molar-refractivity contribution is 7.98. The number of hydrogen-bond acceptors (Lipinski definition) is 4. The summed E-state index contributed by atoms with van der Waals surface area (Å²) >= 11 is 1.80. The zero-order valence-electron chi connectivity index (χ0n) is 12.6. The van der Waals surface area contributed by atoms with Crippen molar-refractivity contribution in [3.63, 3.8) is 0 Å². The van der Waals surface area contributed by atoms with Gasteiger partial charge in [0.25, 0.3) is 0 Å². The summed E-state index contributed by atoms with van der Waals surface area (Å²) in [6.45, 7) is 8.41. The Hall–Kier alpha value is -0.645. The van der Waals surface area contributed by atoms with E-state index in [0.29, 0.717) is 12.1 Å². The summed E-state index contributed by atoms with van der Waals surface area (Å²) in [5.41, 5.74) is 2.26. The van der Waals surface area contributed by atoms with Crippen molar-refractivity contribution in [3.05, 3.63) is 23.3 Å². The molecule has 108 valence electrons. The van der Waals surface area contributed by atoms with Gasteiger partial charge in [0.15, 0.2) is 0 Å². The average molecular weight is 284 g/mol. The van der Waals surface area contributed by atoms with Crippen LogP contribution in [-0.4, -0.2) is 35.8 Å². The topological polar surface area (TPSA) is 49.7 Å². The van der Waals surface area contributed by atoms with E-state index in [9.17, 15) is 10.0 Å². The normalized spacial score (nSPS) is 9.63. The van der Waals surface area contributed by atoms with E-state index in [1.807, 2.05) is 39.8 Å². The molecule has 0 saturated heterocycles. The molecule has 0 aliphatic rings. The predicted molar refractivity (Wildman–Crippen MR) is 85.6 cm³/mol. The minimum atomic E-state index is -1.42. The van der Waals surface area contributed by atoms with Crippen LogP contribution in [0.5, 0.6) is 5.75 Å². The molecule has 0 fully saturated rings. The second kappa shape index (κ2) is 10.2. The van der Waals surface area contributed by atoms with Crippen LogP contribution in [0.1, 0.15) is 31.4 Å². The highest BCUT2D eigenvalue weighted by Crippen LogP contribution is 2.15. The molecule has 0 unspecified atom stereocenters. The Balaban J connectivity index is 0.00000154. The lowest BCUT2D eigenvalue weighted by Gasteiger charge is -2.12. The Labute approximate surface area is 121 Å². The van der Waals surface area contributed by atoms with Gasteiger partial charge in [-0.25, -0.2) is 0 Å². The van der Waals surface area contributed by atoms with E-state index in [1.165, 1.54) is 0 Å². The fourth-order valence-electron chi connectivity index (χ4n) is 1.82. The van der Waals surface area contributed by atoms with Crippen LogP contribution >= 0.6 is 11.8 Å². The fraction of sp³-hybridized carbons (Fsp3) is 0.571. The molecule has 0 spiro atoms. The maximum absolute atomic E-state index is 9.23. The monoisotopic (exact) mass is 284 g/mol. The van der Waals surface area contributed by atoms with E-state index in [1.54, 1.807) is 11.8 Å². The SMILES string of the molecule is CC.CSCCCOc1cc(C)c(B(O)O)c(C)c1. The fourth-order valence-corrected chi connectivity index (χ4v) is 2.23. The van der Waals surface area contributed by atoms with Crippen molar-refractivity contribution in [2.24, 2.45) is 0 Å². The van der Waals surface area contributed by atoms with Gasteiger partial charge in [0.1, 0.15) is 5.75 Å². The highest BCUT2D eigenvalue weighted by Gasteiger charge is 2.17. The molecule has 19 heavy (non-hydrogen) atoms. The van der Waals surface area contributed by atoms with Crippen LogP contribution in [0.15, 0.2) is 12.1 Å². The van der Waals surface area contributed by atoms with Crippen LogP contribution in [-0.2, 0) is 0 Å². The van der Waals surface area contributed by atoms with Crippen molar-refractivity contribution in [3.8, 4) is 5.75 Å². The summed E-state index contributed by atoms with van der Waals surface area (Å²) in [6.07, 6.45) is 3.09.